The maximum Gasteiger partial charge on any atom is 0.266 e. The fourth-order valence-electron chi connectivity index (χ4n) is 3.09. The summed E-state index contributed by atoms with van der Waals surface area (Å²) in [6.45, 7) is 2.80. The Hall–Kier alpha value is -2.20. The third-order valence-corrected chi connectivity index (χ3v) is 6.03. The van der Waals surface area contributed by atoms with Crippen molar-refractivity contribution in [1.29, 1.82) is 0 Å². The van der Waals surface area contributed by atoms with Gasteiger partial charge in [-0.2, -0.15) is 5.10 Å². The van der Waals surface area contributed by atoms with Crippen LogP contribution in [0.3, 0.4) is 0 Å². The molecule has 1 N–H and O–H groups in total. The zero-order chi connectivity index (χ0) is 18.9. The van der Waals surface area contributed by atoms with Gasteiger partial charge in [0.1, 0.15) is 11.6 Å². The van der Waals surface area contributed by atoms with Crippen LogP contribution >= 0.6 is 0 Å². The van der Waals surface area contributed by atoms with E-state index in [1.165, 1.54) is 16.9 Å². The average Bonchev–Trinajstić information content (AvgIpc) is 2.96. The molecule has 1 fully saturated rings. The number of aromatic nitrogens is 4. The second-order valence-electron chi connectivity index (χ2n) is 6.59. The van der Waals surface area contributed by atoms with Crippen molar-refractivity contribution in [1.82, 2.24) is 24.1 Å². The summed E-state index contributed by atoms with van der Waals surface area (Å²) in [5.74, 6) is 1.32. The highest BCUT2D eigenvalue weighted by Gasteiger charge is 2.27. The maximum absolute atomic E-state index is 12.5. The number of hydrogen-bond acceptors (Lipinski definition) is 6. The highest BCUT2D eigenvalue weighted by atomic mass is 32.2. The molecule has 1 atom stereocenters. The van der Waals surface area contributed by atoms with E-state index in [9.17, 15) is 13.2 Å². The molecule has 0 spiro atoms. The molecule has 1 unspecified atom stereocenters. The quantitative estimate of drug-likeness (QED) is 0.793. The molecule has 1 aliphatic rings. The number of piperidine rings is 1. The van der Waals surface area contributed by atoms with Gasteiger partial charge in [0.15, 0.2) is 5.03 Å². The van der Waals surface area contributed by atoms with E-state index in [1.54, 1.807) is 31.7 Å². The van der Waals surface area contributed by atoms with Gasteiger partial charge in [0.2, 0.25) is 0 Å². The monoisotopic (exact) mass is 380 g/mol. The van der Waals surface area contributed by atoms with Crippen LogP contribution in [0.1, 0.15) is 25.1 Å². The summed E-state index contributed by atoms with van der Waals surface area (Å²) in [4.78, 5) is 17.7. The molecule has 3 rings (SSSR count). The first-order valence-corrected chi connectivity index (χ1v) is 10.1. The third kappa shape index (κ3) is 3.80. The largest absolute Gasteiger partial charge is 0.351 e. The lowest BCUT2D eigenvalue weighted by atomic mass is 10.0. The highest BCUT2D eigenvalue weighted by Crippen LogP contribution is 2.22. The molecule has 0 saturated carbocycles. The van der Waals surface area contributed by atoms with Crippen molar-refractivity contribution in [3.8, 4) is 0 Å². The topological polar surface area (TPSA) is 102 Å². The Balaban J connectivity index is 1.76. The van der Waals surface area contributed by atoms with E-state index in [0.29, 0.717) is 11.6 Å². The molecule has 0 aromatic carbocycles. The summed E-state index contributed by atoms with van der Waals surface area (Å²) in [6, 6.07) is 3.15. The Kier molecular flexibility index (Phi) is 5.15. The van der Waals surface area contributed by atoms with Crippen molar-refractivity contribution in [3.63, 3.8) is 0 Å². The van der Waals surface area contributed by atoms with Crippen molar-refractivity contribution >= 4 is 15.8 Å². The van der Waals surface area contributed by atoms with Gasteiger partial charge < -0.3 is 9.47 Å². The van der Waals surface area contributed by atoms with Gasteiger partial charge in [0.25, 0.3) is 15.6 Å². The number of nitrogens with one attached hydrogen (secondary N) is 1. The summed E-state index contributed by atoms with van der Waals surface area (Å²) in [6.07, 6.45) is 4.39. The van der Waals surface area contributed by atoms with Gasteiger partial charge in [-0.05, 0) is 32.3 Å². The van der Waals surface area contributed by atoms with Crippen LogP contribution in [0.2, 0.25) is 0 Å². The molecular weight excluding hydrogens is 356 g/mol. The second-order valence-corrected chi connectivity index (χ2v) is 8.30. The van der Waals surface area contributed by atoms with Crippen molar-refractivity contribution in [2.75, 3.05) is 18.0 Å². The van der Waals surface area contributed by atoms with Gasteiger partial charge in [-0.3, -0.25) is 4.79 Å². The van der Waals surface area contributed by atoms with E-state index in [1.807, 2.05) is 0 Å². The third-order valence-electron chi connectivity index (χ3n) is 4.74. The molecule has 26 heavy (non-hydrogen) atoms. The first kappa shape index (κ1) is 18.6. The summed E-state index contributed by atoms with van der Waals surface area (Å²) >= 11 is 0. The van der Waals surface area contributed by atoms with Crippen molar-refractivity contribution in [3.05, 3.63) is 34.5 Å². The van der Waals surface area contributed by atoms with Gasteiger partial charge in [-0.25, -0.2) is 22.8 Å². The molecule has 2 aromatic rings. The van der Waals surface area contributed by atoms with Crippen molar-refractivity contribution < 1.29 is 8.42 Å². The van der Waals surface area contributed by atoms with Crippen LogP contribution in [-0.2, 0) is 24.1 Å². The molecule has 3 heterocycles. The number of rotatable bonds is 5. The van der Waals surface area contributed by atoms with Crippen molar-refractivity contribution in [2.45, 2.75) is 37.3 Å². The minimum Gasteiger partial charge on any atom is -0.351 e. The molecule has 10 heteroatoms. The normalized spacial score (nSPS) is 18.3. The van der Waals surface area contributed by atoms with Gasteiger partial charge in [0, 0.05) is 45.5 Å². The van der Waals surface area contributed by atoms with Crippen LogP contribution < -0.4 is 15.2 Å². The van der Waals surface area contributed by atoms with Gasteiger partial charge in [-0.1, -0.05) is 0 Å². The second kappa shape index (κ2) is 7.20. The van der Waals surface area contributed by atoms with E-state index in [0.717, 1.165) is 25.8 Å². The molecule has 2 aromatic heterocycles. The predicted octanol–water partition coefficient (Wildman–Crippen LogP) is 0.160. The molecular formula is C16H24N6O3S. The summed E-state index contributed by atoms with van der Waals surface area (Å²) in [5, 5.41) is 4.33. The average molecular weight is 380 g/mol. The lowest BCUT2D eigenvalue weighted by molar-refractivity contribution is 0.446. The van der Waals surface area contributed by atoms with Gasteiger partial charge >= 0.3 is 0 Å². The zero-order valence-electron chi connectivity index (χ0n) is 15.2. The van der Waals surface area contributed by atoms with Crippen LogP contribution in [0.25, 0.3) is 0 Å². The fourth-order valence-corrected chi connectivity index (χ4v) is 4.20. The summed E-state index contributed by atoms with van der Waals surface area (Å²) < 4.78 is 30.7. The molecule has 1 saturated heterocycles. The molecule has 9 nitrogen and oxygen atoms in total. The number of sulfonamides is 1. The minimum absolute atomic E-state index is 0.0201. The van der Waals surface area contributed by atoms with E-state index < -0.39 is 10.0 Å². The lowest BCUT2D eigenvalue weighted by Gasteiger charge is -2.36. The Bertz CT molecular complexity index is 930. The van der Waals surface area contributed by atoms with E-state index in [4.69, 9.17) is 0 Å². The lowest BCUT2D eigenvalue weighted by Crippen LogP contribution is -2.47. The van der Waals surface area contributed by atoms with Crippen LogP contribution in [0, 0.1) is 6.92 Å². The Morgan fingerprint density at radius 1 is 1.27 bits per heavy atom. The van der Waals surface area contributed by atoms with Gasteiger partial charge in [0.05, 0.1) is 0 Å². The number of aryl methyl sites for hydroxylation is 3. The van der Waals surface area contributed by atoms with Crippen LogP contribution in [-0.4, -0.2) is 46.9 Å². The Morgan fingerprint density at radius 3 is 2.69 bits per heavy atom. The molecule has 142 valence electrons. The van der Waals surface area contributed by atoms with Crippen molar-refractivity contribution in [2.24, 2.45) is 14.1 Å². The smallest absolute Gasteiger partial charge is 0.266 e. The standard InChI is InChI=1S/C16H24N6O3S/c1-12-18-15(11-20(12)2)26(24,25)17-10-13-6-4-5-9-22(13)14-7-8-16(23)21(3)19-14/h7-8,11,13,17H,4-6,9-10H2,1-3H3. The van der Waals surface area contributed by atoms with E-state index in [2.05, 4.69) is 19.7 Å². The number of nitrogens with zero attached hydrogens (tertiary/aromatic N) is 5. The number of anilines is 1. The van der Waals surface area contributed by atoms with Gasteiger partial charge in [-0.15, -0.1) is 0 Å². The Labute approximate surface area is 152 Å². The molecule has 0 radical (unpaired) electrons. The molecule has 0 aliphatic carbocycles. The first-order chi connectivity index (χ1) is 12.3. The summed E-state index contributed by atoms with van der Waals surface area (Å²) in [7, 11) is -0.299. The highest BCUT2D eigenvalue weighted by molar-refractivity contribution is 7.89. The number of imidazole rings is 1. The van der Waals surface area contributed by atoms with E-state index in [-0.39, 0.29) is 23.2 Å². The minimum atomic E-state index is -3.67. The predicted molar refractivity (Wildman–Crippen MR) is 97.6 cm³/mol. The number of hydrogen-bond donors (Lipinski definition) is 1. The first-order valence-electron chi connectivity index (χ1n) is 8.58. The maximum atomic E-state index is 12.5. The van der Waals surface area contributed by atoms with Crippen LogP contribution in [0.5, 0.6) is 0 Å². The molecule has 1 aliphatic heterocycles. The van der Waals surface area contributed by atoms with E-state index >= 15 is 0 Å². The molecule has 0 bridgehead atoms. The SMILES string of the molecule is Cc1nc(S(=O)(=O)NCC2CCCCN2c2ccc(=O)n(C)n2)cn1C. The zero-order valence-corrected chi connectivity index (χ0v) is 16.0. The van der Waals surface area contributed by atoms with Crippen LogP contribution in [0.15, 0.2) is 28.2 Å². The Morgan fingerprint density at radius 2 is 2.04 bits per heavy atom. The fraction of sp³-hybridized carbons (Fsp3) is 0.562. The summed E-state index contributed by atoms with van der Waals surface area (Å²) in [5.41, 5.74) is -0.173. The van der Waals surface area contributed by atoms with Crippen LogP contribution in [0.4, 0.5) is 5.82 Å². The molecule has 0 amide bonds.